The highest BCUT2D eigenvalue weighted by Crippen LogP contribution is 2.01. The average molecular weight is 255 g/mol. The lowest BCUT2D eigenvalue weighted by Crippen LogP contribution is -2.29. The number of anilines is 1. The van der Waals surface area contributed by atoms with E-state index < -0.39 is 10.8 Å². The molecule has 0 saturated heterocycles. The minimum atomic E-state index is -0.840. The van der Waals surface area contributed by atoms with E-state index in [-0.39, 0.29) is 12.3 Å². The first-order valence-electron chi connectivity index (χ1n) is 5.44. The van der Waals surface area contributed by atoms with Crippen molar-refractivity contribution in [2.45, 2.75) is 13.3 Å². The van der Waals surface area contributed by atoms with Gasteiger partial charge in [0.15, 0.2) is 0 Å². The molecule has 0 bridgehead atoms. The van der Waals surface area contributed by atoms with Gasteiger partial charge in [-0.15, -0.1) is 0 Å². The van der Waals surface area contributed by atoms with Gasteiger partial charge in [-0.2, -0.15) is 0 Å². The summed E-state index contributed by atoms with van der Waals surface area (Å²) < 4.78 is 11.1. The number of carbonyl (C=O) groups excluding carboxylic acids is 1. The van der Waals surface area contributed by atoms with Gasteiger partial charge in [0.05, 0.1) is 18.3 Å². The van der Waals surface area contributed by atoms with Gasteiger partial charge in [-0.3, -0.25) is 14.0 Å². The summed E-state index contributed by atoms with van der Waals surface area (Å²) in [4.78, 5) is 15.5. The van der Waals surface area contributed by atoms with Gasteiger partial charge in [0.25, 0.3) is 0 Å². The van der Waals surface area contributed by atoms with Crippen LogP contribution in [-0.4, -0.2) is 33.2 Å². The summed E-state index contributed by atoms with van der Waals surface area (Å²) in [5.41, 5.74) is 6.74. The van der Waals surface area contributed by atoms with Crippen LogP contribution < -0.4 is 11.1 Å². The van der Waals surface area contributed by atoms with Crippen LogP contribution in [0.3, 0.4) is 0 Å². The minimum Gasteiger partial charge on any atom is -0.397 e. The first-order chi connectivity index (χ1) is 8.11. The van der Waals surface area contributed by atoms with E-state index >= 15 is 0 Å². The number of amides is 1. The summed E-state index contributed by atoms with van der Waals surface area (Å²) in [6.07, 6.45) is 1.74. The van der Waals surface area contributed by atoms with E-state index in [1.54, 1.807) is 12.1 Å². The Kier molecular flexibility index (Phi) is 5.62. The Morgan fingerprint density at radius 2 is 2.29 bits per heavy atom. The van der Waals surface area contributed by atoms with Crippen LogP contribution in [0.1, 0.15) is 12.6 Å². The van der Waals surface area contributed by atoms with E-state index in [1.807, 2.05) is 6.92 Å². The lowest BCUT2D eigenvalue weighted by atomic mass is 10.2. The zero-order chi connectivity index (χ0) is 12.7. The Bertz CT molecular complexity index is 392. The van der Waals surface area contributed by atoms with Crippen LogP contribution in [0.2, 0.25) is 0 Å². The third-order valence-corrected chi connectivity index (χ3v) is 3.47. The maximum atomic E-state index is 11.5. The van der Waals surface area contributed by atoms with E-state index in [4.69, 9.17) is 5.73 Å². The van der Waals surface area contributed by atoms with Crippen LogP contribution in [0, 0.1) is 0 Å². The van der Waals surface area contributed by atoms with Crippen molar-refractivity contribution in [1.82, 2.24) is 10.3 Å². The van der Waals surface area contributed by atoms with Crippen molar-refractivity contribution in [2.75, 3.05) is 23.8 Å². The van der Waals surface area contributed by atoms with E-state index in [0.29, 0.717) is 29.4 Å². The second-order valence-electron chi connectivity index (χ2n) is 3.54. The number of nitrogens with two attached hydrogens (primary N) is 1. The molecule has 1 amide bonds. The lowest BCUT2D eigenvalue weighted by Gasteiger charge is -2.04. The molecule has 1 aromatic rings. The SMILES string of the molecule is CCS(=O)CCNC(=O)Cc1ccc(N)cn1. The largest absolute Gasteiger partial charge is 0.397 e. The van der Waals surface area contributed by atoms with Gasteiger partial charge < -0.3 is 11.1 Å². The molecule has 3 N–H and O–H groups in total. The summed E-state index contributed by atoms with van der Waals surface area (Å²) >= 11 is 0. The number of hydrogen-bond acceptors (Lipinski definition) is 4. The van der Waals surface area contributed by atoms with Gasteiger partial charge in [0.1, 0.15) is 0 Å². The number of hydrogen-bond donors (Lipinski definition) is 2. The molecule has 94 valence electrons. The second-order valence-corrected chi connectivity index (χ2v) is 5.41. The van der Waals surface area contributed by atoms with Crippen molar-refractivity contribution >= 4 is 22.4 Å². The van der Waals surface area contributed by atoms with Crippen molar-refractivity contribution in [3.8, 4) is 0 Å². The Balaban J connectivity index is 2.30. The third-order valence-electron chi connectivity index (χ3n) is 2.16. The van der Waals surface area contributed by atoms with Gasteiger partial charge in [-0.05, 0) is 12.1 Å². The molecule has 1 unspecified atom stereocenters. The van der Waals surface area contributed by atoms with Crippen LogP contribution >= 0.6 is 0 Å². The summed E-state index contributed by atoms with van der Waals surface area (Å²) in [5, 5.41) is 2.71. The van der Waals surface area contributed by atoms with E-state index in [2.05, 4.69) is 10.3 Å². The molecule has 17 heavy (non-hydrogen) atoms. The topological polar surface area (TPSA) is 85.1 Å². The number of pyridine rings is 1. The first-order valence-corrected chi connectivity index (χ1v) is 6.92. The zero-order valence-corrected chi connectivity index (χ0v) is 10.6. The molecular weight excluding hydrogens is 238 g/mol. The van der Waals surface area contributed by atoms with Crippen molar-refractivity contribution in [1.29, 1.82) is 0 Å². The van der Waals surface area contributed by atoms with Crippen molar-refractivity contribution in [3.05, 3.63) is 24.0 Å². The van der Waals surface area contributed by atoms with Crippen molar-refractivity contribution in [2.24, 2.45) is 0 Å². The molecule has 0 aliphatic heterocycles. The molecule has 0 radical (unpaired) electrons. The highest BCUT2D eigenvalue weighted by atomic mass is 32.2. The number of aromatic nitrogens is 1. The number of nitrogens with zero attached hydrogens (tertiary/aromatic N) is 1. The number of carbonyl (C=O) groups is 1. The quantitative estimate of drug-likeness (QED) is 0.754. The minimum absolute atomic E-state index is 0.115. The molecule has 0 saturated carbocycles. The summed E-state index contributed by atoms with van der Waals surface area (Å²) in [7, 11) is -0.840. The van der Waals surface area contributed by atoms with Gasteiger partial charge >= 0.3 is 0 Å². The molecule has 6 heteroatoms. The summed E-state index contributed by atoms with van der Waals surface area (Å²) in [6.45, 7) is 2.30. The molecule has 5 nitrogen and oxygen atoms in total. The van der Waals surface area contributed by atoms with E-state index in [0.717, 1.165) is 0 Å². The highest BCUT2D eigenvalue weighted by molar-refractivity contribution is 7.84. The number of rotatable bonds is 6. The second kappa shape index (κ2) is 7.01. The molecule has 0 spiro atoms. The van der Waals surface area contributed by atoms with Gasteiger partial charge in [-0.25, -0.2) is 0 Å². The van der Waals surface area contributed by atoms with Crippen molar-refractivity contribution in [3.63, 3.8) is 0 Å². The Morgan fingerprint density at radius 3 is 2.88 bits per heavy atom. The Labute approximate surface area is 103 Å². The van der Waals surface area contributed by atoms with Crippen LogP contribution in [0.15, 0.2) is 18.3 Å². The summed E-state index contributed by atoms with van der Waals surface area (Å²) in [6, 6.07) is 3.43. The van der Waals surface area contributed by atoms with Crippen LogP contribution in [0.4, 0.5) is 5.69 Å². The molecule has 0 fully saturated rings. The molecule has 1 heterocycles. The fraction of sp³-hybridized carbons (Fsp3) is 0.455. The molecule has 0 aromatic carbocycles. The maximum Gasteiger partial charge on any atom is 0.226 e. The molecular formula is C11H17N3O2S. The van der Waals surface area contributed by atoms with Crippen LogP contribution in [0.25, 0.3) is 0 Å². The highest BCUT2D eigenvalue weighted by Gasteiger charge is 2.04. The van der Waals surface area contributed by atoms with Gasteiger partial charge in [0.2, 0.25) is 5.91 Å². The van der Waals surface area contributed by atoms with Crippen LogP contribution in [-0.2, 0) is 22.0 Å². The molecule has 1 aromatic heterocycles. The fourth-order valence-electron chi connectivity index (χ4n) is 1.22. The number of nitrogen functional groups attached to an aromatic ring is 1. The van der Waals surface area contributed by atoms with E-state index in [9.17, 15) is 9.00 Å². The number of nitrogens with one attached hydrogen (secondary N) is 1. The molecule has 1 rings (SSSR count). The Hall–Kier alpha value is -1.43. The van der Waals surface area contributed by atoms with E-state index in [1.165, 1.54) is 6.20 Å². The Morgan fingerprint density at radius 1 is 1.53 bits per heavy atom. The molecule has 0 aliphatic rings. The molecule has 0 aliphatic carbocycles. The standard InChI is InChI=1S/C11H17N3O2S/c1-2-17(16)6-5-13-11(15)7-10-4-3-9(12)8-14-10/h3-4,8H,2,5-7,12H2,1H3,(H,13,15). The lowest BCUT2D eigenvalue weighted by molar-refractivity contribution is -0.120. The maximum absolute atomic E-state index is 11.5. The third kappa shape index (κ3) is 5.44. The van der Waals surface area contributed by atoms with Crippen LogP contribution in [0.5, 0.6) is 0 Å². The monoisotopic (exact) mass is 255 g/mol. The van der Waals surface area contributed by atoms with Gasteiger partial charge in [-0.1, -0.05) is 6.92 Å². The van der Waals surface area contributed by atoms with Gasteiger partial charge in [0, 0.05) is 34.5 Å². The molecule has 1 atom stereocenters. The fourth-order valence-corrected chi connectivity index (χ4v) is 1.83. The smallest absolute Gasteiger partial charge is 0.226 e. The summed E-state index contributed by atoms with van der Waals surface area (Å²) in [5.74, 6) is 1.00. The predicted molar refractivity (Wildman–Crippen MR) is 68.9 cm³/mol. The predicted octanol–water partition coefficient (Wildman–Crippen LogP) is 0.0911. The average Bonchev–Trinajstić information content (AvgIpc) is 2.32. The normalized spacial score (nSPS) is 12.1. The first kappa shape index (κ1) is 13.6. The van der Waals surface area contributed by atoms with Crippen molar-refractivity contribution < 1.29 is 9.00 Å². The zero-order valence-electron chi connectivity index (χ0n) is 9.81.